The van der Waals surface area contributed by atoms with Gasteiger partial charge in [0.15, 0.2) is 0 Å². The van der Waals surface area contributed by atoms with Crippen molar-refractivity contribution in [2.45, 2.75) is 18.4 Å². The maximum atomic E-state index is 11.2. The van der Waals surface area contributed by atoms with E-state index in [1.807, 2.05) is 30.3 Å². The molecule has 2 N–H and O–H groups in total. The van der Waals surface area contributed by atoms with E-state index in [9.17, 15) is 8.42 Å². The Labute approximate surface area is 112 Å². The lowest BCUT2D eigenvalue weighted by molar-refractivity contribution is 0.304. The fourth-order valence-electron chi connectivity index (χ4n) is 1.70. The zero-order chi connectivity index (χ0) is 13.9. The molecule has 0 atom stereocenters. The van der Waals surface area contributed by atoms with Crippen molar-refractivity contribution in [2.24, 2.45) is 5.14 Å². The van der Waals surface area contributed by atoms with E-state index in [0.29, 0.717) is 12.4 Å². The summed E-state index contributed by atoms with van der Waals surface area (Å²) in [5.41, 5.74) is 1.79. The molecular formula is C14H15NO3S. The van der Waals surface area contributed by atoms with Gasteiger partial charge in [-0.1, -0.05) is 30.3 Å². The zero-order valence-electron chi connectivity index (χ0n) is 10.5. The first-order valence-corrected chi connectivity index (χ1v) is 7.31. The molecule has 0 bridgehead atoms. The molecule has 0 fully saturated rings. The molecule has 19 heavy (non-hydrogen) atoms. The first-order valence-electron chi connectivity index (χ1n) is 5.77. The lowest BCUT2D eigenvalue weighted by Crippen LogP contribution is -2.12. The van der Waals surface area contributed by atoms with Gasteiger partial charge >= 0.3 is 0 Å². The third-order valence-corrected chi connectivity index (χ3v) is 3.62. The van der Waals surface area contributed by atoms with Crippen LogP contribution < -0.4 is 9.88 Å². The Hall–Kier alpha value is -1.85. The van der Waals surface area contributed by atoms with Crippen LogP contribution in [-0.2, 0) is 16.6 Å². The highest BCUT2D eigenvalue weighted by Crippen LogP contribution is 2.22. The second kappa shape index (κ2) is 5.42. The minimum Gasteiger partial charge on any atom is -0.489 e. The van der Waals surface area contributed by atoms with Gasteiger partial charge in [0, 0.05) is 0 Å². The van der Waals surface area contributed by atoms with Gasteiger partial charge in [0.2, 0.25) is 10.0 Å². The molecule has 0 unspecified atom stereocenters. The summed E-state index contributed by atoms with van der Waals surface area (Å²) in [6, 6.07) is 14.3. The number of hydrogen-bond donors (Lipinski definition) is 1. The Bertz CT molecular complexity index is 666. The van der Waals surface area contributed by atoms with Crippen molar-refractivity contribution in [3.63, 3.8) is 0 Å². The third-order valence-electron chi connectivity index (χ3n) is 2.71. The molecule has 0 aliphatic carbocycles. The molecule has 4 nitrogen and oxygen atoms in total. The molecule has 0 saturated carbocycles. The quantitative estimate of drug-likeness (QED) is 0.931. The Kier molecular flexibility index (Phi) is 3.87. The molecule has 0 saturated heterocycles. The number of hydrogen-bond acceptors (Lipinski definition) is 3. The van der Waals surface area contributed by atoms with E-state index >= 15 is 0 Å². The van der Waals surface area contributed by atoms with E-state index < -0.39 is 10.0 Å². The van der Waals surface area contributed by atoms with Crippen LogP contribution in [0.4, 0.5) is 0 Å². The summed E-state index contributed by atoms with van der Waals surface area (Å²) < 4.78 is 28.1. The van der Waals surface area contributed by atoms with Crippen LogP contribution >= 0.6 is 0 Å². The van der Waals surface area contributed by atoms with Gasteiger partial charge in [0.05, 0.1) is 4.90 Å². The molecule has 0 radical (unpaired) electrons. The van der Waals surface area contributed by atoms with Crippen LogP contribution in [0.25, 0.3) is 0 Å². The van der Waals surface area contributed by atoms with Crippen LogP contribution in [0.15, 0.2) is 53.4 Å². The van der Waals surface area contributed by atoms with Crippen LogP contribution in [0.1, 0.15) is 11.1 Å². The van der Waals surface area contributed by atoms with Crippen molar-refractivity contribution in [2.75, 3.05) is 0 Å². The lowest BCUT2D eigenvalue weighted by Gasteiger charge is -2.10. The average Bonchev–Trinajstić information content (AvgIpc) is 2.37. The smallest absolute Gasteiger partial charge is 0.238 e. The number of ether oxygens (including phenoxy) is 1. The van der Waals surface area contributed by atoms with Gasteiger partial charge in [-0.25, -0.2) is 13.6 Å². The molecule has 2 aromatic rings. The van der Waals surface area contributed by atoms with Gasteiger partial charge in [-0.3, -0.25) is 0 Å². The second-order valence-corrected chi connectivity index (χ2v) is 5.81. The number of aryl methyl sites for hydroxylation is 1. The Balaban J connectivity index is 2.14. The summed E-state index contributed by atoms with van der Waals surface area (Å²) in [5, 5.41) is 5.07. The van der Waals surface area contributed by atoms with Crippen molar-refractivity contribution in [3.05, 3.63) is 59.7 Å². The van der Waals surface area contributed by atoms with Gasteiger partial charge in [-0.05, 0) is 36.2 Å². The summed E-state index contributed by atoms with van der Waals surface area (Å²) in [7, 11) is -3.66. The fraction of sp³-hybridized carbons (Fsp3) is 0.143. The van der Waals surface area contributed by atoms with Crippen LogP contribution in [-0.4, -0.2) is 8.42 Å². The van der Waals surface area contributed by atoms with Crippen LogP contribution in [0.2, 0.25) is 0 Å². The molecule has 0 aliphatic heterocycles. The highest BCUT2D eigenvalue weighted by molar-refractivity contribution is 7.89. The van der Waals surface area contributed by atoms with Crippen molar-refractivity contribution in [1.29, 1.82) is 0 Å². The van der Waals surface area contributed by atoms with Crippen LogP contribution in [0, 0.1) is 6.92 Å². The predicted molar refractivity (Wildman–Crippen MR) is 73.3 cm³/mol. The van der Waals surface area contributed by atoms with Crippen LogP contribution in [0.5, 0.6) is 5.75 Å². The number of rotatable bonds is 4. The average molecular weight is 277 g/mol. The first kappa shape index (κ1) is 13.6. The summed E-state index contributed by atoms with van der Waals surface area (Å²) >= 11 is 0. The third kappa shape index (κ3) is 3.56. The Morgan fingerprint density at radius 1 is 1.11 bits per heavy atom. The molecule has 100 valence electrons. The normalized spacial score (nSPS) is 11.3. The van der Waals surface area contributed by atoms with Gasteiger partial charge in [-0.15, -0.1) is 0 Å². The highest BCUT2D eigenvalue weighted by atomic mass is 32.2. The van der Waals surface area contributed by atoms with Gasteiger partial charge < -0.3 is 4.74 Å². The molecule has 2 rings (SSSR count). The minimum absolute atomic E-state index is 0.0945. The van der Waals surface area contributed by atoms with Crippen molar-refractivity contribution in [3.8, 4) is 5.75 Å². The van der Waals surface area contributed by atoms with Crippen LogP contribution in [0.3, 0.4) is 0 Å². The molecule has 0 spiro atoms. The predicted octanol–water partition coefficient (Wildman–Crippen LogP) is 2.22. The number of sulfonamides is 1. The van der Waals surface area contributed by atoms with Crippen molar-refractivity contribution in [1.82, 2.24) is 0 Å². The lowest BCUT2D eigenvalue weighted by atomic mass is 10.2. The van der Waals surface area contributed by atoms with E-state index in [0.717, 1.165) is 11.1 Å². The topological polar surface area (TPSA) is 69.4 Å². The van der Waals surface area contributed by atoms with E-state index in [-0.39, 0.29) is 4.90 Å². The number of benzene rings is 2. The monoisotopic (exact) mass is 277 g/mol. The Morgan fingerprint density at radius 2 is 1.79 bits per heavy atom. The van der Waals surface area contributed by atoms with Gasteiger partial charge in [0.25, 0.3) is 0 Å². The van der Waals surface area contributed by atoms with Gasteiger partial charge in [-0.2, -0.15) is 0 Å². The highest BCUT2D eigenvalue weighted by Gasteiger charge is 2.10. The summed E-state index contributed by atoms with van der Waals surface area (Å²) in [6.07, 6.45) is 0. The molecular weight excluding hydrogens is 262 g/mol. The van der Waals surface area contributed by atoms with Crippen molar-refractivity contribution < 1.29 is 13.2 Å². The molecule has 0 heterocycles. The number of primary sulfonamides is 1. The Morgan fingerprint density at radius 3 is 2.37 bits per heavy atom. The summed E-state index contributed by atoms with van der Waals surface area (Å²) in [4.78, 5) is 0.0945. The minimum atomic E-state index is -3.66. The summed E-state index contributed by atoms with van der Waals surface area (Å²) in [5.74, 6) is 0.649. The standard InChI is InChI=1S/C14H15NO3S/c1-11-9-13(19(15,16)17)7-8-14(11)18-10-12-5-3-2-4-6-12/h2-9H,10H2,1H3,(H2,15,16,17). The second-order valence-electron chi connectivity index (χ2n) is 4.25. The molecule has 5 heteroatoms. The zero-order valence-corrected chi connectivity index (χ0v) is 11.4. The molecule has 0 aromatic heterocycles. The maximum absolute atomic E-state index is 11.2. The van der Waals surface area contributed by atoms with Crippen molar-refractivity contribution >= 4 is 10.0 Å². The largest absolute Gasteiger partial charge is 0.489 e. The fourth-order valence-corrected chi connectivity index (χ4v) is 2.29. The van der Waals surface area contributed by atoms with E-state index in [1.165, 1.54) is 12.1 Å². The van der Waals surface area contributed by atoms with Gasteiger partial charge in [0.1, 0.15) is 12.4 Å². The summed E-state index contributed by atoms with van der Waals surface area (Å²) in [6.45, 7) is 2.23. The number of nitrogens with two attached hydrogens (primary N) is 1. The molecule has 0 amide bonds. The van der Waals surface area contributed by atoms with E-state index in [2.05, 4.69) is 0 Å². The van der Waals surface area contributed by atoms with E-state index in [4.69, 9.17) is 9.88 Å². The van der Waals surface area contributed by atoms with E-state index in [1.54, 1.807) is 13.0 Å². The molecule has 0 aliphatic rings. The first-order chi connectivity index (χ1) is 8.97. The maximum Gasteiger partial charge on any atom is 0.238 e. The molecule has 2 aromatic carbocycles. The SMILES string of the molecule is Cc1cc(S(N)(=O)=O)ccc1OCc1ccccc1.